The summed E-state index contributed by atoms with van der Waals surface area (Å²) in [5, 5.41) is 12.0. The third kappa shape index (κ3) is 3.38. The summed E-state index contributed by atoms with van der Waals surface area (Å²) < 4.78 is 5.19. The quantitative estimate of drug-likeness (QED) is 0.802. The molecule has 0 aliphatic rings. The maximum Gasteiger partial charge on any atom is 0.255 e. The lowest BCUT2D eigenvalue weighted by Crippen LogP contribution is -2.34. The number of hydrogen-bond acceptors (Lipinski definition) is 3. The number of aryl methyl sites for hydroxylation is 1. The predicted molar refractivity (Wildman–Crippen MR) is 61.3 cm³/mol. The highest BCUT2D eigenvalue weighted by atomic mass is 16.3. The van der Waals surface area contributed by atoms with Gasteiger partial charge in [0.2, 0.25) is 0 Å². The lowest BCUT2D eigenvalue weighted by atomic mass is 10.1. The summed E-state index contributed by atoms with van der Waals surface area (Å²) in [5.74, 6) is 0.556. The third-order valence-corrected chi connectivity index (χ3v) is 2.38. The number of furan rings is 1. The van der Waals surface area contributed by atoms with E-state index in [0.29, 0.717) is 24.2 Å². The Labute approximate surface area is 95.7 Å². The first-order valence-electron chi connectivity index (χ1n) is 5.59. The molecule has 0 bridgehead atoms. The van der Waals surface area contributed by atoms with Crippen LogP contribution in [0.4, 0.5) is 0 Å². The van der Waals surface area contributed by atoms with Crippen molar-refractivity contribution in [2.45, 2.75) is 45.8 Å². The molecule has 0 spiro atoms. The van der Waals surface area contributed by atoms with Crippen molar-refractivity contribution < 1.29 is 14.3 Å². The Morgan fingerprint density at radius 2 is 2.25 bits per heavy atom. The van der Waals surface area contributed by atoms with Crippen LogP contribution in [0.1, 0.15) is 43.3 Å². The number of carbonyl (C=O) groups excluding carboxylic acids is 1. The average Bonchev–Trinajstić information content (AvgIpc) is 2.63. The molecule has 0 aromatic carbocycles. The van der Waals surface area contributed by atoms with Crippen molar-refractivity contribution in [3.63, 3.8) is 0 Å². The van der Waals surface area contributed by atoms with Gasteiger partial charge < -0.3 is 14.8 Å². The SMILES string of the molecule is CCc1occc1C(=O)NC(C)CC(C)O. The molecule has 0 radical (unpaired) electrons. The number of aliphatic hydroxyl groups excluding tert-OH is 1. The molecule has 2 atom stereocenters. The first kappa shape index (κ1) is 12.8. The van der Waals surface area contributed by atoms with E-state index < -0.39 is 6.10 Å². The standard InChI is InChI=1S/C12H19NO3/c1-4-11-10(5-6-16-11)12(15)13-8(2)7-9(3)14/h5-6,8-9,14H,4,7H2,1-3H3,(H,13,15). The van der Waals surface area contributed by atoms with Crippen molar-refractivity contribution in [1.82, 2.24) is 5.32 Å². The molecule has 0 saturated carbocycles. The highest BCUT2D eigenvalue weighted by Gasteiger charge is 2.16. The maximum absolute atomic E-state index is 11.8. The van der Waals surface area contributed by atoms with E-state index >= 15 is 0 Å². The van der Waals surface area contributed by atoms with E-state index in [9.17, 15) is 9.90 Å². The smallest absolute Gasteiger partial charge is 0.255 e. The molecule has 1 heterocycles. The molecule has 2 N–H and O–H groups in total. The summed E-state index contributed by atoms with van der Waals surface area (Å²) in [6.45, 7) is 5.52. The van der Waals surface area contributed by atoms with Gasteiger partial charge in [0.15, 0.2) is 0 Å². The molecule has 90 valence electrons. The van der Waals surface area contributed by atoms with Gasteiger partial charge in [-0.1, -0.05) is 6.92 Å². The average molecular weight is 225 g/mol. The highest BCUT2D eigenvalue weighted by molar-refractivity contribution is 5.95. The lowest BCUT2D eigenvalue weighted by molar-refractivity contribution is 0.0921. The number of carbonyl (C=O) groups is 1. The van der Waals surface area contributed by atoms with Gasteiger partial charge in [0.05, 0.1) is 17.9 Å². The van der Waals surface area contributed by atoms with Gasteiger partial charge in [0.1, 0.15) is 5.76 Å². The summed E-state index contributed by atoms with van der Waals surface area (Å²) in [4.78, 5) is 11.8. The molecule has 2 unspecified atom stereocenters. The van der Waals surface area contributed by atoms with Gasteiger partial charge in [0.25, 0.3) is 5.91 Å². The first-order valence-corrected chi connectivity index (χ1v) is 5.59. The minimum atomic E-state index is -0.412. The van der Waals surface area contributed by atoms with Crippen LogP contribution in [-0.4, -0.2) is 23.2 Å². The van der Waals surface area contributed by atoms with Crippen molar-refractivity contribution in [2.75, 3.05) is 0 Å². The van der Waals surface area contributed by atoms with E-state index in [2.05, 4.69) is 5.32 Å². The fraction of sp³-hybridized carbons (Fsp3) is 0.583. The predicted octanol–water partition coefficient (Wildman–Crippen LogP) is 1.73. The summed E-state index contributed by atoms with van der Waals surface area (Å²) in [6, 6.07) is 1.62. The van der Waals surface area contributed by atoms with E-state index in [1.165, 1.54) is 6.26 Å². The molecular weight excluding hydrogens is 206 g/mol. The van der Waals surface area contributed by atoms with Crippen molar-refractivity contribution in [1.29, 1.82) is 0 Å². The van der Waals surface area contributed by atoms with Crippen LogP contribution in [0.25, 0.3) is 0 Å². The van der Waals surface area contributed by atoms with E-state index in [4.69, 9.17) is 4.42 Å². The molecule has 1 rings (SSSR count). The second-order valence-electron chi connectivity index (χ2n) is 4.07. The molecular formula is C12H19NO3. The Morgan fingerprint density at radius 1 is 1.56 bits per heavy atom. The van der Waals surface area contributed by atoms with Gasteiger partial charge in [-0.15, -0.1) is 0 Å². The molecule has 0 fully saturated rings. The van der Waals surface area contributed by atoms with Crippen LogP contribution in [-0.2, 0) is 6.42 Å². The molecule has 1 amide bonds. The summed E-state index contributed by atoms with van der Waals surface area (Å²) in [5.41, 5.74) is 0.583. The first-order chi connectivity index (χ1) is 7.54. The monoisotopic (exact) mass is 225 g/mol. The zero-order valence-electron chi connectivity index (χ0n) is 9.99. The topological polar surface area (TPSA) is 62.5 Å². The van der Waals surface area contributed by atoms with Gasteiger partial charge in [-0.2, -0.15) is 0 Å². The van der Waals surface area contributed by atoms with Crippen molar-refractivity contribution in [2.24, 2.45) is 0 Å². The minimum absolute atomic E-state index is 0.0490. The van der Waals surface area contributed by atoms with E-state index in [1.54, 1.807) is 13.0 Å². The zero-order valence-corrected chi connectivity index (χ0v) is 9.99. The number of nitrogens with one attached hydrogen (secondary N) is 1. The lowest BCUT2D eigenvalue weighted by Gasteiger charge is -2.15. The van der Waals surface area contributed by atoms with Crippen molar-refractivity contribution in [3.8, 4) is 0 Å². The Balaban J connectivity index is 2.58. The largest absolute Gasteiger partial charge is 0.469 e. The van der Waals surface area contributed by atoms with Crippen LogP contribution in [0.5, 0.6) is 0 Å². The molecule has 0 aliphatic heterocycles. The number of hydrogen-bond donors (Lipinski definition) is 2. The normalized spacial score (nSPS) is 14.5. The number of rotatable bonds is 5. The second-order valence-corrected chi connectivity index (χ2v) is 4.07. The van der Waals surface area contributed by atoms with E-state index in [1.807, 2.05) is 13.8 Å². The van der Waals surface area contributed by atoms with Crippen LogP contribution in [0.15, 0.2) is 16.7 Å². The van der Waals surface area contributed by atoms with E-state index in [0.717, 1.165) is 0 Å². The van der Waals surface area contributed by atoms with Gasteiger partial charge >= 0.3 is 0 Å². The van der Waals surface area contributed by atoms with Gasteiger partial charge in [-0.3, -0.25) is 4.79 Å². The van der Waals surface area contributed by atoms with Crippen LogP contribution < -0.4 is 5.32 Å². The van der Waals surface area contributed by atoms with Gasteiger partial charge in [-0.25, -0.2) is 0 Å². The maximum atomic E-state index is 11.8. The molecule has 4 nitrogen and oxygen atoms in total. The summed E-state index contributed by atoms with van der Waals surface area (Å²) >= 11 is 0. The van der Waals surface area contributed by atoms with Crippen molar-refractivity contribution in [3.05, 3.63) is 23.7 Å². The molecule has 16 heavy (non-hydrogen) atoms. The van der Waals surface area contributed by atoms with Crippen LogP contribution in [0.2, 0.25) is 0 Å². The molecule has 1 aromatic heterocycles. The third-order valence-electron chi connectivity index (χ3n) is 2.38. The number of aliphatic hydroxyl groups is 1. The minimum Gasteiger partial charge on any atom is -0.469 e. The Kier molecular flexibility index (Phi) is 4.55. The molecule has 1 aromatic rings. The highest BCUT2D eigenvalue weighted by Crippen LogP contribution is 2.11. The zero-order chi connectivity index (χ0) is 12.1. The van der Waals surface area contributed by atoms with Gasteiger partial charge in [0, 0.05) is 12.5 Å². The van der Waals surface area contributed by atoms with E-state index in [-0.39, 0.29) is 11.9 Å². The molecule has 0 aliphatic carbocycles. The Bertz CT molecular complexity index is 344. The summed E-state index contributed by atoms with van der Waals surface area (Å²) in [7, 11) is 0. The fourth-order valence-corrected chi connectivity index (χ4v) is 1.69. The van der Waals surface area contributed by atoms with Crippen LogP contribution in [0, 0.1) is 0 Å². The number of amides is 1. The second kappa shape index (κ2) is 5.70. The summed E-state index contributed by atoms with van der Waals surface area (Å²) in [6.07, 6.45) is 2.35. The van der Waals surface area contributed by atoms with Crippen LogP contribution in [0.3, 0.4) is 0 Å². The molecule has 4 heteroatoms. The van der Waals surface area contributed by atoms with Gasteiger partial charge in [-0.05, 0) is 26.3 Å². The fourth-order valence-electron chi connectivity index (χ4n) is 1.69. The van der Waals surface area contributed by atoms with Crippen LogP contribution >= 0.6 is 0 Å². The van der Waals surface area contributed by atoms with Crippen molar-refractivity contribution >= 4 is 5.91 Å². The Hall–Kier alpha value is -1.29. The molecule has 0 saturated heterocycles. The Morgan fingerprint density at radius 3 is 2.81 bits per heavy atom.